The van der Waals surface area contributed by atoms with Crippen molar-refractivity contribution in [2.75, 3.05) is 29.9 Å². The lowest BCUT2D eigenvalue weighted by Gasteiger charge is -2.32. The molecule has 0 bridgehead atoms. The molecule has 19 heavy (non-hydrogen) atoms. The van der Waals surface area contributed by atoms with Crippen LogP contribution in [0.5, 0.6) is 0 Å². The van der Waals surface area contributed by atoms with Crippen LogP contribution < -0.4 is 10.2 Å². The van der Waals surface area contributed by atoms with E-state index in [-0.39, 0.29) is 0 Å². The zero-order valence-electron chi connectivity index (χ0n) is 11.8. The molecule has 2 rings (SSSR count). The molecule has 5 heteroatoms. The van der Waals surface area contributed by atoms with E-state index in [1.54, 1.807) is 6.20 Å². The highest BCUT2D eigenvalue weighted by molar-refractivity contribution is 6.32. The van der Waals surface area contributed by atoms with Gasteiger partial charge in [-0.3, -0.25) is 0 Å². The SMILES string of the molecule is CCCNc1ncc(Cl)c(N2CCC(CC)CC2)n1. The van der Waals surface area contributed by atoms with Crippen LogP contribution in [0.2, 0.25) is 5.02 Å². The number of rotatable bonds is 5. The van der Waals surface area contributed by atoms with Gasteiger partial charge >= 0.3 is 0 Å². The summed E-state index contributed by atoms with van der Waals surface area (Å²) in [6.07, 6.45) is 6.49. The lowest BCUT2D eigenvalue weighted by atomic mass is 9.94. The summed E-state index contributed by atoms with van der Waals surface area (Å²) in [6.45, 7) is 7.37. The van der Waals surface area contributed by atoms with Crippen LogP contribution in [0.4, 0.5) is 11.8 Å². The second-order valence-electron chi connectivity index (χ2n) is 5.13. The van der Waals surface area contributed by atoms with Crippen molar-refractivity contribution in [1.82, 2.24) is 9.97 Å². The fourth-order valence-corrected chi connectivity index (χ4v) is 2.67. The molecule has 106 valence electrons. The van der Waals surface area contributed by atoms with Gasteiger partial charge in [0.05, 0.1) is 6.20 Å². The van der Waals surface area contributed by atoms with Crippen LogP contribution in [-0.4, -0.2) is 29.6 Å². The van der Waals surface area contributed by atoms with E-state index in [0.29, 0.717) is 11.0 Å². The van der Waals surface area contributed by atoms with E-state index in [4.69, 9.17) is 11.6 Å². The summed E-state index contributed by atoms with van der Waals surface area (Å²) < 4.78 is 0. The Bertz CT molecular complexity index is 402. The Morgan fingerprint density at radius 2 is 2.11 bits per heavy atom. The molecule has 0 spiro atoms. The fourth-order valence-electron chi connectivity index (χ4n) is 2.45. The molecule has 4 nitrogen and oxygen atoms in total. The molecule has 1 N–H and O–H groups in total. The molecule has 0 atom stereocenters. The molecular formula is C14H23ClN4. The minimum atomic E-state index is 0.650. The smallest absolute Gasteiger partial charge is 0.224 e. The Balaban J connectivity index is 2.06. The molecule has 0 saturated carbocycles. The third kappa shape index (κ3) is 3.72. The van der Waals surface area contributed by atoms with Crippen molar-refractivity contribution < 1.29 is 0 Å². The Labute approximate surface area is 120 Å². The van der Waals surface area contributed by atoms with Crippen LogP contribution in [0.25, 0.3) is 0 Å². The predicted molar refractivity (Wildman–Crippen MR) is 81.1 cm³/mol. The average molecular weight is 283 g/mol. The molecule has 2 heterocycles. The van der Waals surface area contributed by atoms with Gasteiger partial charge in [0, 0.05) is 19.6 Å². The van der Waals surface area contributed by atoms with E-state index in [9.17, 15) is 0 Å². The Morgan fingerprint density at radius 3 is 2.74 bits per heavy atom. The highest BCUT2D eigenvalue weighted by Crippen LogP contribution is 2.29. The molecule has 0 amide bonds. The zero-order chi connectivity index (χ0) is 13.7. The Hall–Kier alpha value is -1.03. The molecule has 1 aliphatic heterocycles. The molecule has 1 saturated heterocycles. The van der Waals surface area contributed by atoms with Gasteiger partial charge in [-0.2, -0.15) is 4.98 Å². The maximum absolute atomic E-state index is 6.24. The van der Waals surface area contributed by atoms with Crippen molar-refractivity contribution >= 4 is 23.4 Å². The van der Waals surface area contributed by atoms with Crippen LogP contribution in [0, 0.1) is 5.92 Å². The normalized spacial score (nSPS) is 16.7. The molecule has 1 aliphatic rings. The summed E-state index contributed by atoms with van der Waals surface area (Å²) >= 11 is 6.24. The Kier molecular flexibility index (Phi) is 5.25. The lowest BCUT2D eigenvalue weighted by molar-refractivity contribution is 0.394. The quantitative estimate of drug-likeness (QED) is 0.896. The molecule has 0 unspecified atom stereocenters. The number of piperidine rings is 1. The van der Waals surface area contributed by atoms with E-state index in [2.05, 4.69) is 34.0 Å². The van der Waals surface area contributed by atoms with Crippen LogP contribution >= 0.6 is 11.6 Å². The van der Waals surface area contributed by atoms with Crippen LogP contribution in [0.3, 0.4) is 0 Å². The highest BCUT2D eigenvalue weighted by Gasteiger charge is 2.21. The predicted octanol–water partition coefficient (Wildman–Crippen LogP) is 3.58. The first-order valence-electron chi connectivity index (χ1n) is 7.26. The minimum absolute atomic E-state index is 0.650. The standard InChI is InChI=1S/C14H23ClN4/c1-3-7-16-14-17-10-12(15)13(18-14)19-8-5-11(4-2)6-9-19/h10-11H,3-9H2,1-2H3,(H,16,17,18). The van der Waals surface area contributed by atoms with Gasteiger partial charge in [0.15, 0.2) is 5.82 Å². The number of anilines is 2. The molecule has 0 aliphatic carbocycles. The third-order valence-electron chi connectivity index (χ3n) is 3.75. The third-order valence-corrected chi connectivity index (χ3v) is 4.02. The second-order valence-corrected chi connectivity index (χ2v) is 5.54. The number of halogens is 1. The largest absolute Gasteiger partial charge is 0.355 e. The number of nitrogens with one attached hydrogen (secondary N) is 1. The van der Waals surface area contributed by atoms with E-state index >= 15 is 0 Å². The topological polar surface area (TPSA) is 41.1 Å². The highest BCUT2D eigenvalue weighted by atomic mass is 35.5. The van der Waals surface area contributed by atoms with Gasteiger partial charge in [0.1, 0.15) is 5.02 Å². The molecule has 0 radical (unpaired) electrons. The summed E-state index contributed by atoms with van der Waals surface area (Å²) in [5, 5.41) is 3.86. The number of aromatic nitrogens is 2. The van der Waals surface area contributed by atoms with Crippen molar-refractivity contribution in [2.45, 2.75) is 39.5 Å². The number of nitrogens with zero attached hydrogens (tertiary/aromatic N) is 3. The van der Waals surface area contributed by atoms with Crippen LogP contribution in [0.1, 0.15) is 39.5 Å². The van der Waals surface area contributed by atoms with E-state index in [1.807, 2.05) is 0 Å². The van der Waals surface area contributed by atoms with Gasteiger partial charge in [0.2, 0.25) is 5.95 Å². The van der Waals surface area contributed by atoms with Gasteiger partial charge < -0.3 is 10.2 Å². The first kappa shape index (κ1) is 14.4. The zero-order valence-corrected chi connectivity index (χ0v) is 12.6. The van der Waals surface area contributed by atoms with Crippen molar-refractivity contribution in [3.63, 3.8) is 0 Å². The van der Waals surface area contributed by atoms with Gasteiger partial charge in [-0.1, -0.05) is 31.9 Å². The van der Waals surface area contributed by atoms with Crippen molar-refractivity contribution in [3.05, 3.63) is 11.2 Å². The molecular weight excluding hydrogens is 260 g/mol. The number of hydrogen-bond donors (Lipinski definition) is 1. The number of hydrogen-bond acceptors (Lipinski definition) is 4. The maximum Gasteiger partial charge on any atom is 0.224 e. The van der Waals surface area contributed by atoms with Crippen molar-refractivity contribution in [2.24, 2.45) is 5.92 Å². The average Bonchev–Trinajstić information content (AvgIpc) is 2.46. The van der Waals surface area contributed by atoms with Crippen molar-refractivity contribution in [1.29, 1.82) is 0 Å². The van der Waals surface area contributed by atoms with Gasteiger partial charge in [0.25, 0.3) is 0 Å². The monoisotopic (exact) mass is 282 g/mol. The maximum atomic E-state index is 6.24. The van der Waals surface area contributed by atoms with Crippen LogP contribution in [0.15, 0.2) is 6.20 Å². The molecule has 1 aromatic heterocycles. The summed E-state index contributed by atoms with van der Waals surface area (Å²) in [5.74, 6) is 2.42. The van der Waals surface area contributed by atoms with E-state index in [1.165, 1.54) is 19.3 Å². The lowest BCUT2D eigenvalue weighted by Crippen LogP contribution is -2.34. The van der Waals surface area contributed by atoms with E-state index in [0.717, 1.165) is 37.8 Å². The molecule has 1 fully saturated rings. The van der Waals surface area contributed by atoms with Crippen LogP contribution in [-0.2, 0) is 0 Å². The Morgan fingerprint density at radius 1 is 1.37 bits per heavy atom. The van der Waals surface area contributed by atoms with Crippen molar-refractivity contribution in [3.8, 4) is 0 Å². The van der Waals surface area contributed by atoms with Gasteiger partial charge in [-0.25, -0.2) is 4.98 Å². The molecule has 0 aromatic carbocycles. The summed E-state index contributed by atoms with van der Waals surface area (Å²) in [5.41, 5.74) is 0. The summed E-state index contributed by atoms with van der Waals surface area (Å²) in [7, 11) is 0. The van der Waals surface area contributed by atoms with Gasteiger partial charge in [-0.05, 0) is 25.2 Å². The summed E-state index contributed by atoms with van der Waals surface area (Å²) in [4.78, 5) is 11.1. The minimum Gasteiger partial charge on any atom is -0.355 e. The van der Waals surface area contributed by atoms with E-state index < -0.39 is 0 Å². The van der Waals surface area contributed by atoms with Gasteiger partial charge in [-0.15, -0.1) is 0 Å². The fraction of sp³-hybridized carbons (Fsp3) is 0.714. The molecule has 1 aromatic rings. The first-order chi connectivity index (χ1) is 9.24. The summed E-state index contributed by atoms with van der Waals surface area (Å²) in [6, 6.07) is 0. The second kappa shape index (κ2) is 6.94. The first-order valence-corrected chi connectivity index (χ1v) is 7.63.